The minimum Gasteiger partial charge on any atom is -0.322 e. The number of amides is 1. The Morgan fingerprint density at radius 3 is 1.79 bits per heavy atom. The van der Waals surface area contributed by atoms with Crippen molar-refractivity contribution in [2.45, 2.75) is 9.79 Å². The van der Waals surface area contributed by atoms with E-state index in [1.165, 1.54) is 48.5 Å². The van der Waals surface area contributed by atoms with E-state index in [0.29, 0.717) is 11.4 Å². The molecule has 4 N–H and O–H groups in total. The predicted molar refractivity (Wildman–Crippen MR) is 109 cm³/mol. The van der Waals surface area contributed by atoms with Gasteiger partial charge in [0.15, 0.2) is 0 Å². The molecular weight excluding hydrogens is 414 g/mol. The van der Waals surface area contributed by atoms with Crippen molar-refractivity contribution in [3.63, 3.8) is 0 Å². The molecule has 1 amide bonds. The average Bonchev–Trinajstić information content (AvgIpc) is 2.68. The molecule has 0 saturated heterocycles. The molecule has 8 nitrogen and oxygen atoms in total. The van der Waals surface area contributed by atoms with Crippen LogP contribution in [0.3, 0.4) is 0 Å². The van der Waals surface area contributed by atoms with E-state index in [4.69, 9.17) is 5.14 Å². The van der Waals surface area contributed by atoms with E-state index >= 15 is 0 Å². The number of hydrogen-bond donors (Lipinski definition) is 3. The topological polar surface area (TPSA) is 135 Å². The zero-order chi connectivity index (χ0) is 21.1. The zero-order valence-electron chi connectivity index (χ0n) is 14.9. The summed E-state index contributed by atoms with van der Waals surface area (Å²) in [6.45, 7) is 0. The van der Waals surface area contributed by atoms with Gasteiger partial charge in [-0.1, -0.05) is 18.2 Å². The molecule has 0 saturated carbocycles. The van der Waals surface area contributed by atoms with Crippen LogP contribution in [-0.2, 0) is 20.0 Å². The van der Waals surface area contributed by atoms with Gasteiger partial charge in [-0.2, -0.15) is 0 Å². The fourth-order valence-electron chi connectivity index (χ4n) is 2.44. The van der Waals surface area contributed by atoms with Crippen molar-refractivity contribution in [2.24, 2.45) is 5.14 Å². The molecule has 0 aromatic heterocycles. The fraction of sp³-hybridized carbons (Fsp3) is 0. The minimum absolute atomic E-state index is 0.0388. The molecule has 10 heteroatoms. The van der Waals surface area contributed by atoms with Gasteiger partial charge in [0.25, 0.3) is 15.9 Å². The summed E-state index contributed by atoms with van der Waals surface area (Å²) >= 11 is 0. The Morgan fingerprint density at radius 1 is 0.690 bits per heavy atom. The van der Waals surface area contributed by atoms with Gasteiger partial charge in [0.2, 0.25) is 10.0 Å². The molecule has 150 valence electrons. The molecule has 29 heavy (non-hydrogen) atoms. The Balaban J connectivity index is 1.71. The van der Waals surface area contributed by atoms with E-state index in [1.807, 2.05) is 0 Å². The van der Waals surface area contributed by atoms with Crippen LogP contribution in [0.2, 0.25) is 0 Å². The number of benzene rings is 3. The summed E-state index contributed by atoms with van der Waals surface area (Å²) in [6, 6.07) is 19.2. The van der Waals surface area contributed by atoms with Crippen LogP contribution in [0.5, 0.6) is 0 Å². The molecule has 0 aliphatic carbocycles. The van der Waals surface area contributed by atoms with Crippen molar-refractivity contribution >= 4 is 37.3 Å². The smallest absolute Gasteiger partial charge is 0.261 e. The number of sulfonamides is 2. The lowest BCUT2D eigenvalue weighted by Crippen LogP contribution is -2.15. The van der Waals surface area contributed by atoms with Crippen LogP contribution < -0.4 is 15.2 Å². The van der Waals surface area contributed by atoms with Crippen molar-refractivity contribution in [1.82, 2.24) is 0 Å². The third kappa shape index (κ3) is 5.19. The van der Waals surface area contributed by atoms with E-state index in [9.17, 15) is 21.6 Å². The Kier molecular flexibility index (Phi) is 5.69. The lowest BCUT2D eigenvalue weighted by molar-refractivity contribution is 0.102. The average molecular weight is 431 g/mol. The Bertz CT molecular complexity index is 1220. The molecule has 3 aromatic rings. The summed E-state index contributed by atoms with van der Waals surface area (Å²) in [6.07, 6.45) is 0. The van der Waals surface area contributed by atoms with Crippen LogP contribution in [0.15, 0.2) is 88.7 Å². The van der Waals surface area contributed by atoms with Gasteiger partial charge in [0.1, 0.15) is 0 Å². The van der Waals surface area contributed by atoms with E-state index < -0.39 is 26.0 Å². The molecule has 3 rings (SSSR count). The number of nitrogens with two attached hydrogens (primary N) is 1. The summed E-state index contributed by atoms with van der Waals surface area (Å²) in [5.74, 6) is -0.482. The number of hydrogen-bond acceptors (Lipinski definition) is 5. The number of nitrogens with one attached hydrogen (secondary N) is 2. The van der Waals surface area contributed by atoms with Crippen molar-refractivity contribution in [3.05, 3.63) is 84.4 Å². The first-order valence-electron chi connectivity index (χ1n) is 8.27. The highest BCUT2D eigenvalue weighted by molar-refractivity contribution is 7.92. The number of anilines is 2. The molecule has 0 bridgehead atoms. The minimum atomic E-state index is -3.84. The molecule has 0 spiro atoms. The lowest BCUT2D eigenvalue weighted by atomic mass is 10.2. The Labute approximate surface area is 168 Å². The summed E-state index contributed by atoms with van der Waals surface area (Å²) in [5.41, 5.74) is 1.04. The maximum atomic E-state index is 12.4. The highest BCUT2D eigenvalue weighted by Gasteiger charge is 2.15. The van der Waals surface area contributed by atoms with Gasteiger partial charge < -0.3 is 5.32 Å². The van der Waals surface area contributed by atoms with Crippen LogP contribution in [0.4, 0.5) is 11.4 Å². The molecular formula is C19H17N3O5S2. The standard InChI is InChI=1S/C19H17N3O5S2/c20-28(24,25)17-10-6-14(7-11-17)19(23)21-15-8-12-18(13-9-15)29(26,27)22-16-4-2-1-3-5-16/h1-13,22H,(H,21,23)(H2,20,24,25). The lowest BCUT2D eigenvalue weighted by Gasteiger charge is -2.09. The van der Waals surface area contributed by atoms with E-state index in [0.717, 1.165) is 0 Å². The highest BCUT2D eigenvalue weighted by Crippen LogP contribution is 2.19. The van der Waals surface area contributed by atoms with Gasteiger partial charge in [-0.3, -0.25) is 9.52 Å². The molecule has 0 heterocycles. The number of rotatable bonds is 6. The second-order valence-electron chi connectivity index (χ2n) is 6.02. The first kappa shape index (κ1) is 20.5. The number of carbonyl (C=O) groups excluding carboxylic acids is 1. The van der Waals surface area contributed by atoms with Crippen LogP contribution in [0.25, 0.3) is 0 Å². The summed E-state index contributed by atoms with van der Waals surface area (Å²) in [7, 11) is -7.60. The third-order valence-electron chi connectivity index (χ3n) is 3.89. The molecule has 0 fully saturated rings. The normalized spacial score (nSPS) is 11.6. The molecule has 0 radical (unpaired) electrons. The van der Waals surface area contributed by atoms with Gasteiger partial charge in [-0.15, -0.1) is 0 Å². The summed E-state index contributed by atoms with van der Waals surface area (Å²) in [4.78, 5) is 12.2. The first-order chi connectivity index (χ1) is 13.6. The molecule has 0 aliphatic rings. The van der Waals surface area contributed by atoms with E-state index in [-0.39, 0.29) is 15.4 Å². The SMILES string of the molecule is NS(=O)(=O)c1ccc(C(=O)Nc2ccc(S(=O)(=O)Nc3ccccc3)cc2)cc1. The van der Waals surface area contributed by atoms with Gasteiger partial charge >= 0.3 is 0 Å². The number of primary sulfonamides is 1. The predicted octanol–water partition coefficient (Wildman–Crippen LogP) is 2.39. The van der Waals surface area contributed by atoms with Crippen LogP contribution in [-0.4, -0.2) is 22.7 Å². The number of carbonyl (C=O) groups is 1. The quantitative estimate of drug-likeness (QED) is 0.551. The second-order valence-corrected chi connectivity index (χ2v) is 9.26. The van der Waals surface area contributed by atoms with Crippen molar-refractivity contribution in [1.29, 1.82) is 0 Å². The molecule has 0 unspecified atom stereocenters. The molecule has 0 atom stereocenters. The molecule has 3 aromatic carbocycles. The third-order valence-corrected chi connectivity index (χ3v) is 6.22. The van der Waals surface area contributed by atoms with Crippen LogP contribution >= 0.6 is 0 Å². The maximum Gasteiger partial charge on any atom is 0.261 e. The fourth-order valence-corrected chi connectivity index (χ4v) is 4.01. The maximum absolute atomic E-state index is 12.4. The van der Waals surface area contributed by atoms with E-state index in [2.05, 4.69) is 10.0 Å². The van der Waals surface area contributed by atoms with Crippen molar-refractivity contribution < 1.29 is 21.6 Å². The van der Waals surface area contributed by atoms with Gasteiger partial charge in [0.05, 0.1) is 9.79 Å². The van der Waals surface area contributed by atoms with Crippen LogP contribution in [0, 0.1) is 0 Å². The van der Waals surface area contributed by atoms with Crippen molar-refractivity contribution in [2.75, 3.05) is 10.0 Å². The summed E-state index contributed by atoms with van der Waals surface area (Å²) < 4.78 is 49.8. The van der Waals surface area contributed by atoms with Gasteiger partial charge in [-0.25, -0.2) is 22.0 Å². The monoisotopic (exact) mass is 431 g/mol. The Hall–Kier alpha value is -3.21. The Morgan fingerprint density at radius 2 is 1.24 bits per heavy atom. The van der Waals surface area contributed by atoms with Crippen molar-refractivity contribution in [3.8, 4) is 0 Å². The van der Waals surface area contributed by atoms with Gasteiger partial charge in [-0.05, 0) is 60.7 Å². The highest BCUT2D eigenvalue weighted by atomic mass is 32.2. The van der Waals surface area contributed by atoms with E-state index in [1.54, 1.807) is 30.3 Å². The summed E-state index contributed by atoms with van der Waals surface area (Å²) in [5, 5.41) is 7.63. The largest absolute Gasteiger partial charge is 0.322 e. The number of para-hydroxylation sites is 1. The first-order valence-corrected chi connectivity index (χ1v) is 11.3. The molecule has 0 aliphatic heterocycles. The second kappa shape index (κ2) is 8.03. The van der Waals surface area contributed by atoms with Crippen LogP contribution in [0.1, 0.15) is 10.4 Å². The zero-order valence-corrected chi connectivity index (χ0v) is 16.6. The van der Waals surface area contributed by atoms with Gasteiger partial charge in [0, 0.05) is 16.9 Å².